The molecule has 1 atom stereocenters. The molecule has 0 radical (unpaired) electrons. The van der Waals surface area contributed by atoms with E-state index in [1.807, 2.05) is 29.2 Å². The Kier molecular flexibility index (Phi) is 4.94. The van der Waals surface area contributed by atoms with Gasteiger partial charge in [0.15, 0.2) is 0 Å². The van der Waals surface area contributed by atoms with E-state index in [0.717, 1.165) is 17.7 Å². The van der Waals surface area contributed by atoms with E-state index in [-0.39, 0.29) is 24.2 Å². The molecule has 1 aliphatic rings. The largest absolute Gasteiger partial charge is 0.333 e. The van der Waals surface area contributed by atoms with Gasteiger partial charge in [0.1, 0.15) is 5.82 Å². The monoisotopic (exact) mass is 332 g/mol. The van der Waals surface area contributed by atoms with E-state index in [1.165, 1.54) is 12.1 Å². The van der Waals surface area contributed by atoms with Crippen LogP contribution in [0.4, 0.5) is 4.39 Å². The second-order valence-electron chi connectivity index (χ2n) is 5.63. The molecule has 1 saturated heterocycles. The van der Waals surface area contributed by atoms with Crippen LogP contribution in [0.2, 0.25) is 5.02 Å². The fourth-order valence-corrected chi connectivity index (χ4v) is 3.17. The summed E-state index contributed by atoms with van der Waals surface area (Å²) in [7, 11) is 0. The van der Waals surface area contributed by atoms with Gasteiger partial charge >= 0.3 is 0 Å². The lowest BCUT2D eigenvalue weighted by atomic mass is 10.0. The lowest BCUT2D eigenvalue weighted by Gasteiger charge is -2.37. The Hall–Kier alpha value is -1.91. The maximum Gasteiger partial charge on any atom is 0.227 e. The van der Waals surface area contributed by atoms with Crippen LogP contribution in [0.1, 0.15) is 17.2 Å². The summed E-state index contributed by atoms with van der Waals surface area (Å²) in [6, 6.07) is 13.6. The van der Waals surface area contributed by atoms with Crippen LogP contribution in [-0.2, 0) is 11.2 Å². The van der Waals surface area contributed by atoms with E-state index < -0.39 is 0 Å². The fraction of sp³-hybridized carbons (Fsp3) is 0.278. The summed E-state index contributed by atoms with van der Waals surface area (Å²) in [4.78, 5) is 14.6. The van der Waals surface area contributed by atoms with Crippen molar-refractivity contribution in [1.29, 1.82) is 0 Å². The molecular weight excluding hydrogens is 315 g/mol. The normalized spacial score (nSPS) is 18.0. The molecule has 1 N–H and O–H groups in total. The maximum atomic E-state index is 13.0. The highest BCUT2D eigenvalue weighted by Gasteiger charge is 2.28. The first-order valence-electron chi connectivity index (χ1n) is 7.64. The molecule has 3 rings (SSSR count). The third-order valence-electron chi connectivity index (χ3n) is 4.10. The topological polar surface area (TPSA) is 32.3 Å². The maximum absolute atomic E-state index is 13.0. The van der Waals surface area contributed by atoms with Gasteiger partial charge in [0.25, 0.3) is 0 Å². The van der Waals surface area contributed by atoms with Crippen LogP contribution in [0.15, 0.2) is 48.5 Å². The second-order valence-corrected chi connectivity index (χ2v) is 6.04. The van der Waals surface area contributed by atoms with Crippen LogP contribution >= 0.6 is 11.6 Å². The first-order valence-corrected chi connectivity index (χ1v) is 8.02. The van der Waals surface area contributed by atoms with Gasteiger partial charge < -0.3 is 10.2 Å². The SMILES string of the molecule is O=C(Cc1ccc(F)cc1)N1CCNCC1c1ccccc1Cl. The third-order valence-corrected chi connectivity index (χ3v) is 4.44. The summed E-state index contributed by atoms with van der Waals surface area (Å²) in [5.41, 5.74) is 1.77. The van der Waals surface area contributed by atoms with E-state index in [9.17, 15) is 9.18 Å². The number of amides is 1. The number of carbonyl (C=O) groups excluding carboxylic acids is 1. The zero-order valence-electron chi connectivity index (χ0n) is 12.6. The third kappa shape index (κ3) is 3.71. The van der Waals surface area contributed by atoms with Gasteiger partial charge in [0.05, 0.1) is 12.5 Å². The number of nitrogens with zero attached hydrogens (tertiary/aromatic N) is 1. The van der Waals surface area contributed by atoms with E-state index in [0.29, 0.717) is 18.1 Å². The highest BCUT2D eigenvalue weighted by Crippen LogP contribution is 2.28. The highest BCUT2D eigenvalue weighted by molar-refractivity contribution is 6.31. The van der Waals surface area contributed by atoms with Gasteiger partial charge in [-0.15, -0.1) is 0 Å². The predicted molar refractivity (Wildman–Crippen MR) is 88.9 cm³/mol. The van der Waals surface area contributed by atoms with Gasteiger partial charge in [-0.2, -0.15) is 0 Å². The van der Waals surface area contributed by atoms with Crippen molar-refractivity contribution in [3.8, 4) is 0 Å². The summed E-state index contributed by atoms with van der Waals surface area (Å²) >= 11 is 6.30. The summed E-state index contributed by atoms with van der Waals surface area (Å²) in [6.07, 6.45) is 0.265. The average molecular weight is 333 g/mol. The molecule has 120 valence electrons. The molecule has 0 aliphatic carbocycles. The Morgan fingerprint density at radius 2 is 1.96 bits per heavy atom. The Bertz CT molecular complexity index is 690. The number of hydrogen-bond acceptors (Lipinski definition) is 2. The van der Waals surface area contributed by atoms with Gasteiger partial charge in [-0.05, 0) is 29.3 Å². The number of piperazine rings is 1. The molecule has 1 aliphatic heterocycles. The molecule has 1 fully saturated rings. The first kappa shape index (κ1) is 16.0. The lowest BCUT2D eigenvalue weighted by molar-refractivity contribution is -0.133. The number of rotatable bonds is 3. The molecular formula is C18H18ClFN2O. The Labute approximate surface area is 140 Å². The van der Waals surface area contributed by atoms with E-state index in [1.54, 1.807) is 12.1 Å². The standard InChI is InChI=1S/C18H18ClFN2O/c19-16-4-2-1-3-15(16)17-12-21-9-10-22(17)18(23)11-13-5-7-14(20)8-6-13/h1-8,17,21H,9-12H2. The number of benzene rings is 2. The highest BCUT2D eigenvalue weighted by atomic mass is 35.5. The van der Waals surface area contributed by atoms with Crippen LogP contribution in [0, 0.1) is 5.82 Å². The number of nitrogens with one attached hydrogen (secondary N) is 1. The molecule has 1 amide bonds. The van der Waals surface area contributed by atoms with Gasteiger partial charge in [-0.3, -0.25) is 4.79 Å². The molecule has 2 aromatic rings. The van der Waals surface area contributed by atoms with E-state index >= 15 is 0 Å². The van der Waals surface area contributed by atoms with Crippen LogP contribution in [0.3, 0.4) is 0 Å². The van der Waals surface area contributed by atoms with Crippen molar-refractivity contribution in [2.45, 2.75) is 12.5 Å². The molecule has 0 spiro atoms. The molecule has 2 aromatic carbocycles. The lowest BCUT2D eigenvalue weighted by Crippen LogP contribution is -2.49. The predicted octanol–water partition coefficient (Wildman–Crippen LogP) is 3.19. The first-order chi connectivity index (χ1) is 11.1. The van der Waals surface area contributed by atoms with Crippen molar-refractivity contribution in [3.63, 3.8) is 0 Å². The zero-order valence-corrected chi connectivity index (χ0v) is 13.4. The molecule has 1 heterocycles. The minimum atomic E-state index is -0.294. The Morgan fingerprint density at radius 1 is 1.22 bits per heavy atom. The van der Waals surface area contributed by atoms with Crippen molar-refractivity contribution >= 4 is 17.5 Å². The van der Waals surface area contributed by atoms with Gasteiger partial charge in [-0.25, -0.2) is 4.39 Å². The Balaban J connectivity index is 1.79. The molecule has 0 bridgehead atoms. The quantitative estimate of drug-likeness (QED) is 0.936. The van der Waals surface area contributed by atoms with Crippen molar-refractivity contribution in [2.75, 3.05) is 19.6 Å². The molecule has 0 aromatic heterocycles. The van der Waals surface area contributed by atoms with Crippen LogP contribution in [0.25, 0.3) is 0 Å². The number of hydrogen-bond donors (Lipinski definition) is 1. The van der Waals surface area contributed by atoms with Crippen LogP contribution in [-0.4, -0.2) is 30.4 Å². The number of halogens is 2. The van der Waals surface area contributed by atoms with Crippen molar-refractivity contribution in [2.24, 2.45) is 0 Å². The molecule has 5 heteroatoms. The summed E-state index contributed by atoms with van der Waals surface area (Å²) in [5, 5.41) is 3.98. The van der Waals surface area contributed by atoms with Crippen molar-refractivity contribution in [1.82, 2.24) is 10.2 Å². The molecule has 1 unspecified atom stereocenters. The smallest absolute Gasteiger partial charge is 0.227 e. The Morgan fingerprint density at radius 3 is 2.70 bits per heavy atom. The zero-order chi connectivity index (χ0) is 16.2. The second kappa shape index (κ2) is 7.11. The van der Waals surface area contributed by atoms with E-state index in [4.69, 9.17) is 11.6 Å². The van der Waals surface area contributed by atoms with Gasteiger partial charge in [-0.1, -0.05) is 41.9 Å². The number of carbonyl (C=O) groups is 1. The molecule has 23 heavy (non-hydrogen) atoms. The molecule has 3 nitrogen and oxygen atoms in total. The summed E-state index contributed by atoms with van der Waals surface area (Å²) in [5.74, 6) is -0.264. The van der Waals surface area contributed by atoms with Gasteiger partial charge in [0.2, 0.25) is 5.91 Å². The van der Waals surface area contributed by atoms with Crippen molar-refractivity contribution < 1.29 is 9.18 Å². The fourth-order valence-electron chi connectivity index (χ4n) is 2.90. The minimum Gasteiger partial charge on any atom is -0.333 e. The van der Waals surface area contributed by atoms with E-state index in [2.05, 4.69) is 5.32 Å². The van der Waals surface area contributed by atoms with Crippen LogP contribution in [0.5, 0.6) is 0 Å². The van der Waals surface area contributed by atoms with Crippen LogP contribution < -0.4 is 5.32 Å². The van der Waals surface area contributed by atoms with Gasteiger partial charge in [0, 0.05) is 24.7 Å². The summed E-state index contributed by atoms with van der Waals surface area (Å²) < 4.78 is 13.0. The molecule has 0 saturated carbocycles. The summed E-state index contributed by atoms with van der Waals surface area (Å²) in [6.45, 7) is 2.07. The minimum absolute atomic E-state index is 0.0306. The van der Waals surface area contributed by atoms with Crippen molar-refractivity contribution in [3.05, 3.63) is 70.5 Å². The average Bonchev–Trinajstić information content (AvgIpc) is 2.57.